The van der Waals surface area contributed by atoms with Gasteiger partial charge in [0.1, 0.15) is 0 Å². The van der Waals surface area contributed by atoms with Gasteiger partial charge in [0.25, 0.3) is 0 Å². The minimum absolute atomic E-state index is 0.447. The molecule has 1 aromatic carbocycles. The number of hydrogen-bond donors (Lipinski definition) is 0. The molecule has 0 saturated carbocycles. The molecule has 1 unspecified atom stereocenters. The predicted octanol–water partition coefficient (Wildman–Crippen LogP) is 3.41. The van der Waals surface area contributed by atoms with E-state index < -0.39 is 0 Å². The molecule has 3 aromatic rings. The summed E-state index contributed by atoms with van der Waals surface area (Å²) in [6.45, 7) is 6.98. The zero-order chi connectivity index (χ0) is 20.2. The Morgan fingerprint density at radius 1 is 1.00 bits per heavy atom. The number of hydrogen-bond acceptors (Lipinski definition) is 5. The summed E-state index contributed by atoms with van der Waals surface area (Å²) in [7, 11) is 0. The number of rotatable bonds is 5. The highest BCUT2D eigenvalue weighted by molar-refractivity contribution is 5.53. The van der Waals surface area contributed by atoms with E-state index in [1.165, 1.54) is 43.6 Å². The molecule has 0 radical (unpaired) electrons. The van der Waals surface area contributed by atoms with Gasteiger partial charge in [-0.1, -0.05) is 18.2 Å². The van der Waals surface area contributed by atoms with Crippen LogP contribution in [0.1, 0.15) is 30.5 Å². The third-order valence-corrected chi connectivity index (χ3v) is 6.31. The van der Waals surface area contributed by atoms with E-state index in [-0.39, 0.29) is 0 Å². The first-order valence-corrected chi connectivity index (χ1v) is 11.3. The first-order chi connectivity index (χ1) is 14.8. The Hall–Kier alpha value is -2.44. The lowest BCUT2D eigenvalue weighted by Crippen LogP contribution is -2.33. The van der Waals surface area contributed by atoms with Crippen molar-refractivity contribution in [3.63, 3.8) is 0 Å². The summed E-state index contributed by atoms with van der Waals surface area (Å²) in [5, 5.41) is 4.72. The van der Waals surface area contributed by atoms with Gasteiger partial charge in [-0.05, 0) is 49.4 Å². The fourth-order valence-electron chi connectivity index (χ4n) is 4.81. The Balaban J connectivity index is 1.28. The Morgan fingerprint density at radius 3 is 2.83 bits per heavy atom. The molecule has 1 atom stereocenters. The van der Waals surface area contributed by atoms with Crippen LogP contribution in [0.15, 0.2) is 48.8 Å². The zero-order valence-electron chi connectivity index (χ0n) is 17.6. The van der Waals surface area contributed by atoms with Crippen molar-refractivity contribution in [2.45, 2.75) is 32.2 Å². The standard InChI is InChI=1S/C24H31N5O/c1-4-11-28(12-5-1)23-7-3-2-6-21(23)18-27-14-15-30-19-20(17-27)16-22-8-9-24-25-10-13-29(24)26-22/h2-3,6-10,13,20H,1,4-5,11-12,14-19H2. The number of ether oxygens (including phenoxy) is 1. The highest BCUT2D eigenvalue weighted by atomic mass is 16.5. The van der Waals surface area contributed by atoms with Gasteiger partial charge in [-0.2, -0.15) is 5.10 Å². The van der Waals surface area contributed by atoms with Gasteiger partial charge in [0.05, 0.1) is 18.9 Å². The number of anilines is 1. The maximum Gasteiger partial charge on any atom is 0.153 e. The molecule has 30 heavy (non-hydrogen) atoms. The fraction of sp³-hybridized carbons (Fsp3) is 0.500. The normalized spacial score (nSPS) is 21.1. The summed E-state index contributed by atoms with van der Waals surface area (Å²) in [5.74, 6) is 0.447. The second-order valence-electron chi connectivity index (χ2n) is 8.61. The lowest BCUT2D eigenvalue weighted by atomic mass is 10.0. The largest absolute Gasteiger partial charge is 0.380 e. The number of para-hydroxylation sites is 1. The van der Waals surface area contributed by atoms with E-state index in [9.17, 15) is 0 Å². The number of nitrogens with zero attached hydrogens (tertiary/aromatic N) is 5. The van der Waals surface area contributed by atoms with Crippen LogP contribution in [0, 0.1) is 5.92 Å². The molecule has 0 spiro atoms. The van der Waals surface area contributed by atoms with Crippen molar-refractivity contribution in [3.8, 4) is 0 Å². The summed E-state index contributed by atoms with van der Waals surface area (Å²) in [5.41, 5.74) is 4.86. The summed E-state index contributed by atoms with van der Waals surface area (Å²) < 4.78 is 7.83. The van der Waals surface area contributed by atoms with Gasteiger partial charge in [0.15, 0.2) is 5.65 Å². The molecule has 4 heterocycles. The van der Waals surface area contributed by atoms with E-state index in [1.54, 1.807) is 6.20 Å². The molecular weight excluding hydrogens is 374 g/mol. The molecule has 2 saturated heterocycles. The van der Waals surface area contributed by atoms with Crippen molar-refractivity contribution in [2.24, 2.45) is 5.92 Å². The van der Waals surface area contributed by atoms with E-state index in [0.717, 1.165) is 50.6 Å². The highest BCUT2D eigenvalue weighted by Gasteiger charge is 2.22. The maximum absolute atomic E-state index is 5.97. The number of imidazole rings is 1. The molecule has 6 heteroatoms. The lowest BCUT2D eigenvalue weighted by Gasteiger charge is -2.32. The van der Waals surface area contributed by atoms with Gasteiger partial charge in [-0.3, -0.25) is 4.90 Å². The Kier molecular flexibility index (Phi) is 5.95. The number of piperidine rings is 1. The van der Waals surface area contributed by atoms with Crippen LogP contribution in [0.4, 0.5) is 5.69 Å². The Bertz CT molecular complexity index is 965. The number of fused-ring (bicyclic) bond motifs is 1. The van der Waals surface area contributed by atoms with E-state index >= 15 is 0 Å². The van der Waals surface area contributed by atoms with Crippen LogP contribution in [-0.4, -0.2) is 58.9 Å². The minimum atomic E-state index is 0.447. The maximum atomic E-state index is 5.97. The molecule has 0 aliphatic carbocycles. The molecule has 0 amide bonds. The zero-order valence-corrected chi connectivity index (χ0v) is 17.6. The van der Waals surface area contributed by atoms with Gasteiger partial charge >= 0.3 is 0 Å². The second-order valence-corrected chi connectivity index (χ2v) is 8.61. The van der Waals surface area contributed by atoms with Gasteiger partial charge in [-0.25, -0.2) is 9.50 Å². The molecule has 2 fully saturated rings. The van der Waals surface area contributed by atoms with E-state index in [2.05, 4.69) is 45.1 Å². The molecule has 2 aliphatic rings. The van der Waals surface area contributed by atoms with Gasteiger partial charge in [0.2, 0.25) is 0 Å². The number of benzene rings is 1. The van der Waals surface area contributed by atoms with Gasteiger partial charge < -0.3 is 9.64 Å². The summed E-state index contributed by atoms with van der Waals surface area (Å²) in [6.07, 6.45) is 8.61. The van der Waals surface area contributed by atoms with Crippen LogP contribution >= 0.6 is 0 Å². The van der Waals surface area contributed by atoms with E-state index in [1.807, 2.05) is 16.8 Å². The quantitative estimate of drug-likeness (QED) is 0.651. The Morgan fingerprint density at radius 2 is 1.90 bits per heavy atom. The van der Waals surface area contributed by atoms with Crippen LogP contribution in [0.3, 0.4) is 0 Å². The molecular formula is C24H31N5O. The van der Waals surface area contributed by atoms with E-state index in [0.29, 0.717) is 5.92 Å². The van der Waals surface area contributed by atoms with Gasteiger partial charge in [-0.15, -0.1) is 0 Å². The molecule has 158 valence electrons. The topological polar surface area (TPSA) is 45.9 Å². The van der Waals surface area contributed by atoms with E-state index in [4.69, 9.17) is 9.84 Å². The molecule has 2 aliphatic heterocycles. The summed E-state index contributed by atoms with van der Waals surface area (Å²) >= 11 is 0. The van der Waals surface area contributed by atoms with Crippen LogP contribution in [0.25, 0.3) is 5.65 Å². The van der Waals surface area contributed by atoms with Crippen LogP contribution < -0.4 is 4.90 Å². The third kappa shape index (κ3) is 4.50. The molecule has 2 aromatic heterocycles. The van der Waals surface area contributed by atoms with Gasteiger partial charge in [0, 0.05) is 56.7 Å². The van der Waals surface area contributed by atoms with Crippen molar-refractivity contribution in [3.05, 3.63) is 60.0 Å². The van der Waals surface area contributed by atoms with Crippen molar-refractivity contribution in [1.82, 2.24) is 19.5 Å². The molecule has 0 bridgehead atoms. The Labute approximate surface area is 178 Å². The summed E-state index contributed by atoms with van der Waals surface area (Å²) in [6, 6.07) is 13.1. The first kappa shape index (κ1) is 19.5. The van der Waals surface area contributed by atoms with Crippen LogP contribution in [-0.2, 0) is 17.7 Å². The second kappa shape index (κ2) is 9.14. The van der Waals surface area contributed by atoms with Crippen LogP contribution in [0.2, 0.25) is 0 Å². The average molecular weight is 406 g/mol. The monoisotopic (exact) mass is 405 g/mol. The first-order valence-electron chi connectivity index (χ1n) is 11.3. The SMILES string of the molecule is c1ccc(N2CCCCC2)c(CN2CCOCC(Cc3ccc4nccn4n3)C2)c1. The fourth-order valence-corrected chi connectivity index (χ4v) is 4.81. The van der Waals surface area contributed by atoms with Crippen LogP contribution in [0.5, 0.6) is 0 Å². The number of aromatic nitrogens is 3. The average Bonchev–Trinajstić information content (AvgIpc) is 3.14. The van der Waals surface area contributed by atoms with Crippen molar-refractivity contribution < 1.29 is 4.74 Å². The predicted molar refractivity (Wildman–Crippen MR) is 119 cm³/mol. The van der Waals surface area contributed by atoms with Crippen molar-refractivity contribution in [2.75, 3.05) is 44.3 Å². The highest BCUT2D eigenvalue weighted by Crippen LogP contribution is 2.26. The van der Waals surface area contributed by atoms with Crippen molar-refractivity contribution in [1.29, 1.82) is 0 Å². The molecule has 0 N–H and O–H groups in total. The van der Waals surface area contributed by atoms with Crippen molar-refractivity contribution >= 4 is 11.3 Å². The smallest absolute Gasteiger partial charge is 0.153 e. The summed E-state index contributed by atoms with van der Waals surface area (Å²) in [4.78, 5) is 9.43. The molecule has 6 nitrogen and oxygen atoms in total. The molecule has 5 rings (SSSR count). The minimum Gasteiger partial charge on any atom is -0.380 e. The lowest BCUT2D eigenvalue weighted by molar-refractivity contribution is 0.121. The third-order valence-electron chi connectivity index (χ3n) is 6.31.